The number of hydrogen-bond donors (Lipinski definition) is 1. The maximum Gasteiger partial charge on any atom is 0.286 e. The van der Waals surface area contributed by atoms with Crippen molar-refractivity contribution in [2.45, 2.75) is 0 Å². The quantitative estimate of drug-likeness (QED) is 0.556. The van der Waals surface area contributed by atoms with Crippen LogP contribution in [0.1, 0.15) is 0 Å². The molecule has 0 saturated carbocycles. The summed E-state index contributed by atoms with van der Waals surface area (Å²) in [5.41, 5.74) is 0. The molecule has 4 nitrogen and oxygen atoms in total. The van der Waals surface area contributed by atoms with Crippen LogP contribution in [-0.2, 0) is 9.59 Å². The fourth-order valence-electron chi connectivity index (χ4n) is 1.19. The highest BCUT2D eigenvalue weighted by atomic mass is 32.1. The number of nitrogens with one attached hydrogen (secondary N) is 1. The number of thiophene rings is 1. The van der Waals surface area contributed by atoms with Crippen LogP contribution in [0.4, 0.5) is 0 Å². The van der Waals surface area contributed by atoms with Crippen molar-refractivity contribution in [3.63, 3.8) is 0 Å². The molecule has 1 aromatic rings. The summed E-state index contributed by atoms with van der Waals surface area (Å²) >= 11 is 1.71. The third-order valence-electron chi connectivity index (χ3n) is 1.95. The lowest BCUT2D eigenvalue weighted by molar-refractivity contribution is -0.139. The summed E-state index contributed by atoms with van der Waals surface area (Å²) < 4.78 is 0. The highest BCUT2D eigenvalue weighted by Gasteiger charge is 2.13. The molecule has 0 aromatic carbocycles. The number of piperazine rings is 1. The largest absolute Gasteiger partial charge is 0.334 e. The van der Waals surface area contributed by atoms with Crippen molar-refractivity contribution in [1.29, 1.82) is 0 Å². The van der Waals surface area contributed by atoms with Crippen LogP contribution in [0.15, 0.2) is 22.9 Å². The second-order valence-corrected chi connectivity index (χ2v) is 3.80. The lowest BCUT2D eigenvalue weighted by Crippen LogP contribution is -2.46. The van der Waals surface area contributed by atoms with Gasteiger partial charge in [-0.25, -0.2) is 0 Å². The van der Waals surface area contributed by atoms with E-state index in [2.05, 4.69) is 5.32 Å². The number of aldehydes is 1. The minimum atomic E-state index is -0.401. The van der Waals surface area contributed by atoms with Crippen molar-refractivity contribution < 1.29 is 9.59 Å². The number of amides is 1. The average molecular weight is 226 g/mol. The minimum absolute atomic E-state index is 0.366. The number of carbonyl (C=O) groups excluding carboxylic acids is 2. The van der Waals surface area contributed by atoms with Gasteiger partial charge in [0.05, 0.1) is 0 Å². The molecular formula is C10H14N2O2S. The zero-order valence-corrected chi connectivity index (χ0v) is 9.20. The minimum Gasteiger partial charge on any atom is -0.334 e. The molecule has 0 radical (unpaired) electrons. The molecule has 5 heteroatoms. The first-order valence-electron chi connectivity index (χ1n) is 4.76. The van der Waals surface area contributed by atoms with Gasteiger partial charge in [-0.05, 0) is 10.8 Å². The van der Waals surface area contributed by atoms with E-state index < -0.39 is 5.91 Å². The Kier molecular flexibility index (Phi) is 5.65. The molecule has 0 aliphatic carbocycles. The molecule has 2 heterocycles. The van der Waals surface area contributed by atoms with Crippen molar-refractivity contribution in [3.8, 4) is 0 Å². The Hall–Kier alpha value is -1.20. The molecule has 1 aliphatic heterocycles. The van der Waals surface area contributed by atoms with Gasteiger partial charge in [-0.3, -0.25) is 9.59 Å². The molecule has 0 unspecified atom stereocenters. The fraction of sp³-hybridized carbons (Fsp3) is 0.400. The Morgan fingerprint density at radius 3 is 2.27 bits per heavy atom. The highest BCUT2D eigenvalue weighted by Crippen LogP contribution is 1.91. The van der Waals surface area contributed by atoms with E-state index in [-0.39, 0.29) is 0 Å². The monoisotopic (exact) mass is 226 g/mol. The molecule has 2 rings (SSSR count). The van der Waals surface area contributed by atoms with Crippen LogP contribution in [0.2, 0.25) is 0 Å². The topological polar surface area (TPSA) is 49.4 Å². The van der Waals surface area contributed by atoms with E-state index in [0.29, 0.717) is 19.4 Å². The third-order valence-corrected chi connectivity index (χ3v) is 2.58. The maximum atomic E-state index is 10.7. The molecule has 1 aromatic heterocycles. The van der Waals surface area contributed by atoms with Crippen molar-refractivity contribution in [2.75, 3.05) is 26.2 Å². The Labute approximate surface area is 92.9 Å². The molecule has 1 aliphatic rings. The highest BCUT2D eigenvalue weighted by molar-refractivity contribution is 7.07. The number of hydrogen-bond acceptors (Lipinski definition) is 4. The van der Waals surface area contributed by atoms with E-state index in [1.165, 1.54) is 0 Å². The fourth-order valence-corrected chi connectivity index (χ4v) is 1.64. The van der Waals surface area contributed by atoms with Crippen molar-refractivity contribution >= 4 is 23.5 Å². The van der Waals surface area contributed by atoms with Gasteiger partial charge in [-0.1, -0.05) is 12.1 Å². The predicted molar refractivity (Wildman–Crippen MR) is 59.8 cm³/mol. The van der Waals surface area contributed by atoms with Crippen LogP contribution in [0, 0.1) is 0 Å². The molecule has 1 amide bonds. The van der Waals surface area contributed by atoms with Crippen LogP contribution in [0.5, 0.6) is 0 Å². The van der Waals surface area contributed by atoms with Gasteiger partial charge in [0.25, 0.3) is 5.91 Å². The second-order valence-electron chi connectivity index (χ2n) is 2.99. The van der Waals surface area contributed by atoms with E-state index >= 15 is 0 Å². The van der Waals surface area contributed by atoms with Gasteiger partial charge in [-0.15, -0.1) is 0 Å². The number of carbonyl (C=O) groups is 2. The summed E-state index contributed by atoms with van der Waals surface area (Å²) in [7, 11) is 0. The van der Waals surface area contributed by atoms with Crippen molar-refractivity contribution in [2.24, 2.45) is 0 Å². The van der Waals surface area contributed by atoms with E-state index in [4.69, 9.17) is 0 Å². The van der Waals surface area contributed by atoms with Crippen LogP contribution in [0.25, 0.3) is 0 Å². The molecule has 15 heavy (non-hydrogen) atoms. The van der Waals surface area contributed by atoms with E-state index in [9.17, 15) is 9.59 Å². The van der Waals surface area contributed by atoms with E-state index in [1.807, 2.05) is 22.9 Å². The SMILES string of the molecule is O=CC(=O)N1CCNCC1.c1ccsc1. The van der Waals surface area contributed by atoms with Gasteiger partial charge >= 0.3 is 0 Å². The standard InChI is InChI=1S/C6H10N2O2.C4H4S/c9-5-6(10)8-3-1-7-2-4-8;1-2-4-5-3-1/h5,7H,1-4H2;1-4H. The maximum absolute atomic E-state index is 10.7. The molecule has 82 valence electrons. The lowest BCUT2D eigenvalue weighted by atomic mass is 10.3. The molecule has 1 N–H and O–H groups in total. The first-order chi connectivity index (χ1) is 7.34. The normalized spacial score (nSPS) is 15.1. The molecule has 0 bridgehead atoms. The van der Waals surface area contributed by atoms with Crippen LogP contribution in [0.3, 0.4) is 0 Å². The molecule has 0 spiro atoms. The molecule has 1 fully saturated rings. The Balaban J connectivity index is 0.000000187. The Bertz CT molecular complexity index is 264. The lowest BCUT2D eigenvalue weighted by Gasteiger charge is -2.25. The summed E-state index contributed by atoms with van der Waals surface area (Å²) in [6.07, 6.45) is 0.366. The summed E-state index contributed by atoms with van der Waals surface area (Å²) in [6.45, 7) is 2.88. The number of rotatable bonds is 1. The number of nitrogens with zero attached hydrogens (tertiary/aromatic N) is 1. The Morgan fingerprint density at radius 1 is 1.27 bits per heavy atom. The zero-order chi connectivity index (χ0) is 10.9. The van der Waals surface area contributed by atoms with Gasteiger partial charge in [0.1, 0.15) is 0 Å². The third kappa shape index (κ3) is 4.71. The summed E-state index contributed by atoms with van der Waals surface area (Å²) in [6, 6.07) is 4.04. The predicted octanol–water partition coefficient (Wildman–Crippen LogP) is 0.365. The van der Waals surface area contributed by atoms with Crippen LogP contribution < -0.4 is 5.32 Å². The van der Waals surface area contributed by atoms with E-state index in [0.717, 1.165) is 13.1 Å². The van der Waals surface area contributed by atoms with E-state index in [1.54, 1.807) is 16.2 Å². The summed E-state index contributed by atoms with van der Waals surface area (Å²) in [5.74, 6) is -0.401. The summed E-state index contributed by atoms with van der Waals surface area (Å²) in [4.78, 5) is 22.2. The van der Waals surface area contributed by atoms with Gasteiger partial charge in [-0.2, -0.15) is 11.3 Å². The summed E-state index contributed by atoms with van der Waals surface area (Å²) in [5, 5.41) is 7.17. The smallest absolute Gasteiger partial charge is 0.286 e. The van der Waals surface area contributed by atoms with Gasteiger partial charge < -0.3 is 10.2 Å². The molecule has 1 saturated heterocycles. The first kappa shape index (κ1) is 11.9. The zero-order valence-electron chi connectivity index (χ0n) is 8.39. The second kappa shape index (κ2) is 7.14. The molecular weight excluding hydrogens is 212 g/mol. The first-order valence-corrected chi connectivity index (χ1v) is 5.71. The Morgan fingerprint density at radius 2 is 1.87 bits per heavy atom. The van der Waals surface area contributed by atoms with Gasteiger partial charge in [0.2, 0.25) is 6.29 Å². The molecule has 0 atom stereocenters. The van der Waals surface area contributed by atoms with Crippen LogP contribution >= 0.6 is 11.3 Å². The van der Waals surface area contributed by atoms with Gasteiger partial charge in [0, 0.05) is 26.2 Å². The van der Waals surface area contributed by atoms with Crippen molar-refractivity contribution in [3.05, 3.63) is 22.9 Å². The van der Waals surface area contributed by atoms with Crippen molar-refractivity contribution in [1.82, 2.24) is 10.2 Å². The average Bonchev–Trinajstić information content (AvgIpc) is 2.88. The van der Waals surface area contributed by atoms with Crippen LogP contribution in [-0.4, -0.2) is 43.3 Å². The van der Waals surface area contributed by atoms with Gasteiger partial charge in [0.15, 0.2) is 0 Å².